The van der Waals surface area contributed by atoms with Gasteiger partial charge >= 0.3 is 5.97 Å². The van der Waals surface area contributed by atoms with Crippen LogP contribution in [0.25, 0.3) is 0 Å². The summed E-state index contributed by atoms with van der Waals surface area (Å²) in [4.78, 5) is 27.2. The molecule has 0 radical (unpaired) electrons. The molecule has 2 rings (SSSR count). The first-order valence-electron chi connectivity index (χ1n) is 6.80. The number of halogens is 2. The van der Waals surface area contributed by atoms with E-state index in [-0.39, 0.29) is 21.6 Å². The molecule has 1 aromatic carbocycles. The van der Waals surface area contributed by atoms with Crippen molar-refractivity contribution in [2.45, 2.75) is 25.9 Å². The van der Waals surface area contributed by atoms with E-state index in [1.807, 2.05) is 12.1 Å². The van der Waals surface area contributed by atoms with Gasteiger partial charge in [0.25, 0.3) is 5.91 Å². The number of carbonyl (C=O) groups excluding carboxylic acids is 1. The number of nitrogens with one attached hydrogen (secondary N) is 1. The van der Waals surface area contributed by atoms with Crippen LogP contribution in [0.3, 0.4) is 0 Å². The third-order valence-electron chi connectivity index (χ3n) is 2.92. The number of hydrogen-bond acceptors (Lipinski definition) is 5. The number of ether oxygens (including phenoxy) is 1. The molecule has 0 atom stereocenters. The van der Waals surface area contributed by atoms with Crippen LogP contribution in [0.2, 0.25) is 4.34 Å². The van der Waals surface area contributed by atoms with E-state index >= 15 is 0 Å². The van der Waals surface area contributed by atoms with Crippen LogP contribution in [0, 0.1) is 3.57 Å². The Morgan fingerprint density at radius 1 is 1.38 bits per heavy atom. The van der Waals surface area contributed by atoms with Gasteiger partial charge in [-0.3, -0.25) is 14.9 Å². The maximum atomic E-state index is 12.4. The Bertz CT molecular complexity index is 761. The topological polar surface area (TPSA) is 88.5 Å². The minimum Gasteiger partial charge on any atom is -0.481 e. The predicted octanol–water partition coefficient (Wildman–Crippen LogP) is 3.82. The molecule has 6 nitrogen and oxygen atoms in total. The Balaban J connectivity index is 2.07. The molecular weight excluding hydrogens is 467 g/mol. The first-order chi connectivity index (χ1) is 11.2. The van der Waals surface area contributed by atoms with E-state index in [4.69, 9.17) is 21.4 Å². The molecule has 0 aliphatic rings. The Kier molecular flexibility index (Phi) is 6.05. The summed E-state index contributed by atoms with van der Waals surface area (Å²) in [5.41, 5.74) is -0.918. The number of carbonyl (C=O) groups is 2. The summed E-state index contributed by atoms with van der Waals surface area (Å²) in [6, 6.07) is 7.31. The highest BCUT2D eigenvalue weighted by molar-refractivity contribution is 14.1. The number of hydrogen-bond donors (Lipinski definition) is 2. The average molecular weight is 481 g/mol. The number of benzene rings is 1. The summed E-state index contributed by atoms with van der Waals surface area (Å²) in [6.45, 7) is 3.27. The largest absolute Gasteiger partial charge is 0.481 e. The van der Waals surface area contributed by atoms with Gasteiger partial charge in [-0.1, -0.05) is 22.9 Å². The molecule has 128 valence electrons. The van der Waals surface area contributed by atoms with Crippen molar-refractivity contribution in [2.75, 3.05) is 5.32 Å². The van der Waals surface area contributed by atoms with Crippen LogP contribution < -0.4 is 10.1 Å². The number of carboxylic acids is 1. The van der Waals surface area contributed by atoms with Crippen LogP contribution in [-0.4, -0.2) is 27.6 Å². The lowest BCUT2D eigenvalue weighted by Crippen LogP contribution is -2.42. The Hall–Kier alpha value is -1.39. The Morgan fingerprint density at radius 3 is 2.58 bits per heavy atom. The molecule has 24 heavy (non-hydrogen) atoms. The Labute approximate surface area is 161 Å². The van der Waals surface area contributed by atoms with Gasteiger partial charge in [0, 0.05) is 3.57 Å². The fourth-order valence-corrected chi connectivity index (χ4v) is 3.12. The van der Waals surface area contributed by atoms with Crippen molar-refractivity contribution in [1.29, 1.82) is 0 Å². The molecule has 0 spiro atoms. The fraction of sp³-hybridized carbons (Fsp3) is 0.267. The fourth-order valence-electron chi connectivity index (χ4n) is 1.73. The first-order valence-corrected chi connectivity index (χ1v) is 9.08. The number of anilines is 1. The van der Waals surface area contributed by atoms with Gasteiger partial charge in [0.05, 0.1) is 12.1 Å². The van der Waals surface area contributed by atoms with E-state index in [0.29, 0.717) is 5.75 Å². The van der Waals surface area contributed by atoms with E-state index in [2.05, 4.69) is 32.9 Å². The van der Waals surface area contributed by atoms with Gasteiger partial charge in [0.2, 0.25) is 0 Å². The highest BCUT2D eigenvalue weighted by Crippen LogP contribution is 2.29. The standard InChI is InChI=1S/C15H14ClIN2O4S/c1-15(2,23-9-5-3-8(17)4-6-9)13(22)19-14-18-10(7-11(20)21)12(16)24-14/h3-6H,7H2,1-2H3,(H,20,21)(H,18,19,22). The molecule has 0 unspecified atom stereocenters. The lowest BCUT2D eigenvalue weighted by molar-refractivity contribution is -0.136. The number of aliphatic carboxylic acids is 1. The number of nitrogens with zero attached hydrogens (tertiary/aromatic N) is 1. The average Bonchev–Trinajstić information content (AvgIpc) is 2.80. The summed E-state index contributed by atoms with van der Waals surface area (Å²) < 4.78 is 7.03. The first kappa shape index (κ1) is 18.9. The van der Waals surface area contributed by atoms with Crippen LogP contribution >= 0.6 is 45.5 Å². The maximum absolute atomic E-state index is 12.4. The summed E-state index contributed by atoms with van der Waals surface area (Å²) in [7, 11) is 0. The molecule has 1 amide bonds. The van der Waals surface area contributed by atoms with Crippen molar-refractivity contribution >= 4 is 62.5 Å². The zero-order chi connectivity index (χ0) is 17.9. The smallest absolute Gasteiger partial charge is 0.309 e. The zero-order valence-electron chi connectivity index (χ0n) is 12.8. The lowest BCUT2D eigenvalue weighted by atomic mass is 10.1. The predicted molar refractivity (Wildman–Crippen MR) is 101 cm³/mol. The van der Waals surface area contributed by atoms with Crippen LogP contribution in [0.1, 0.15) is 19.5 Å². The van der Waals surface area contributed by atoms with E-state index in [1.54, 1.807) is 26.0 Å². The molecule has 2 aromatic rings. The van der Waals surface area contributed by atoms with E-state index in [9.17, 15) is 9.59 Å². The van der Waals surface area contributed by atoms with E-state index < -0.39 is 17.5 Å². The number of amides is 1. The van der Waals surface area contributed by atoms with E-state index in [0.717, 1.165) is 14.9 Å². The van der Waals surface area contributed by atoms with Gasteiger partial charge < -0.3 is 9.84 Å². The van der Waals surface area contributed by atoms with Gasteiger partial charge in [-0.05, 0) is 60.7 Å². The van der Waals surface area contributed by atoms with Gasteiger partial charge in [-0.25, -0.2) is 4.98 Å². The van der Waals surface area contributed by atoms with Gasteiger partial charge in [0.15, 0.2) is 10.7 Å². The second-order valence-electron chi connectivity index (χ2n) is 5.33. The number of rotatable bonds is 6. The van der Waals surface area contributed by atoms with Crippen molar-refractivity contribution in [3.05, 3.63) is 37.9 Å². The van der Waals surface area contributed by atoms with Crippen LogP contribution in [0.5, 0.6) is 5.75 Å². The maximum Gasteiger partial charge on any atom is 0.309 e. The second kappa shape index (κ2) is 7.66. The van der Waals surface area contributed by atoms with Gasteiger partial charge in [0.1, 0.15) is 10.1 Å². The minimum absolute atomic E-state index is 0.223. The summed E-state index contributed by atoms with van der Waals surface area (Å²) in [5, 5.41) is 11.6. The SMILES string of the molecule is CC(C)(Oc1ccc(I)cc1)C(=O)Nc1nc(CC(=O)O)c(Cl)s1. The monoisotopic (exact) mass is 480 g/mol. The molecule has 0 saturated heterocycles. The quantitative estimate of drug-likeness (QED) is 0.614. The second-order valence-corrected chi connectivity index (χ2v) is 8.18. The van der Waals surface area contributed by atoms with Gasteiger partial charge in [-0.2, -0.15) is 0 Å². The Morgan fingerprint density at radius 2 is 2.00 bits per heavy atom. The highest BCUT2D eigenvalue weighted by Gasteiger charge is 2.31. The third kappa shape index (κ3) is 5.05. The van der Waals surface area contributed by atoms with Crippen molar-refractivity contribution in [3.63, 3.8) is 0 Å². The molecule has 0 fully saturated rings. The van der Waals surface area contributed by atoms with Gasteiger partial charge in [-0.15, -0.1) is 0 Å². The summed E-state index contributed by atoms with van der Waals surface area (Å²) in [6.07, 6.45) is -0.298. The van der Waals surface area contributed by atoms with Crippen molar-refractivity contribution in [1.82, 2.24) is 4.98 Å². The number of carboxylic acid groups (broad SMARTS) is 1. The normalized spacial score (nSPS) is 11.2. The highest BCUT2D eigenvalue weighted by atomic mass is 127. The molecule has 1 aromatic heterocycles. The van der Waals surface area contributed by atoms with Crippen molar-refractivity contribution in [2.24, 2.45) is 0 Å². The van der Waals surface area contributed by atoms with Crippen LogP contribution in [0.15, 0.2) is 24.3 Å². The van der Waals surface area contributed by atoms with Crippen molar-refractivity contribution in [3.8, 4) is 5.75 Å². The molecule has 0 bridgehead atoms. The number of thiazole rings is 1. The van der Waals surface area contributed by atoms with Crippen LogP contribution in [-0.2, 0) is 16.0 Å². The molecule has 0 aliphatic carbocycles. The lowest BCUT2D eigenvalue weighted by Gasteiger charge is -2.24. The third-order valence-corrected chi connectivity index (χ3v) is 4.89. The molecule has 2 N–H and O–H groups in total. The minimum atomic E-state index is -1.14. The van der Waals surface area contributed by atoms with Crippen LogP contribution in [0.4, 0.5) is 5.13 Å². The zero-order valence-corrected chi connectivity index (χ0v) is 16.5. The van der Waals surface area contributed by atoms with Crippen molar-refractivity contribution < 1.29 is 19.4 Å². The summed E-state index contributed by atoms with van der Waals surface area (Å²) >= 11 is 9.13. The molecule has 9 heteroatoms. The summed E-state index contributed by atoms with van der Waals surface area (Å²) in [5.74, 6) is -0.880. The molecular formula is C15H14ClIN2O4S. The molecule has 0 aliphatic heterocycles. The van der Waals surface area contributed by atoms with E-state index in [1.165, 1.54) is 0 Å². The number of aromatic nitrogens is 1. The molecule has 0 saturated carbocycles. The molecule has 1 heterocycles.